The Kier molecular flexibility index (Phi) is 8.58. The molecule has 0 aliphatic heterocycles. The van der Waals surface area contributed by atoms with Crippen LogP contribution in [0.25, 0.3) is 17.0 Å². The topological polar surface area (TPSA) is 77.9 Å². The summed E-state index contributed by atoms with van der Waals surface area (Å²) in [5, 5.41) is 11.1. The van der Waals surface area contributed by atoms with Crippen LogP contribution in [-0.4, -0.2) is 29.3 Å². The molecule has 0 atom stereocenters. The quantitative estimate of drug-likeness (QED) is 0.166. The summed E-state index contributed by atoms with van der Waals surface area (Å²) in [7, 11) is 1.62. The van der Waals surface area contributed by atoms with Gasteiger partial charge in [0.1, 0.15) is 23.9 Å². The number of methoxy groups -OCH3 is 1. The van der Waals surface area contributed by atoms with Crippen molar-refractivity contribution in [3.05, 3.63) is 94.0 Å². The predicted molar refractivity (Wildman–Crippen MR) is 148 cm³/mol. The third-order valence-electron chi connectivity index (χ3n) is 5.28. The van der Waals surface area contributed by atoms with Gasteiger partial charge < -0.3 is 19.3 Å². The van der Waals surface area contributed by atoms with Gasteiger partial charge >= 0.3 is 5.97 Å². The maximum Gasteiger partial charge on any atom is 0.342 e. The maximum atomic E-state index is 11.8. The number of pyridine rings is 1. The van der Waals surface area contributed by atoms with Gasteiger partial charge in [0.05, 0.1) is 29.2 Å². The van der Waals surface area contributed by atoms with Crippen LogP contribution in [0.1, 0.15) is 25.0 Å². The van der Waals surface area contributed by atoms with Crippen molar-refractivity contribution in [1.82, 2.24) is 4.98 Å². The van der Waals surface area contributed by atoms with E-state index in [1.807, 2.05) is 44.2 Å². The van der Waals surface area contributed by atoms with Crippen molar-refractivity contribution >= 4 is 46.3 Å². The number of aliphatic carboxylic acids is 1. The van der Waals surface area contributed by atoms with E-state index in [9.17, 15) is 9.90 Å². The molecule has 4 aromatic rings. The number of rotatable bonds is 10. The number of ether oxygens (including phenoxy) is 3. The van der Waals surface area contributed by atoms with Crippen molar-refractivity contribution in [3.8, 4) is 17.2 Å². The van der Waals surface area contributed by atoms with Crippen LogP contribution in [0.2, 0.25) is 5.02 Å². The first-order chi connectivity index (χ1) is 17.8. The molecule has 8 heteroatoms. The molecule has 1 N–H and O–H groups in total. The molecule has 0 saturated heterocycles. The monoisotopic (exact) mass is 535 g/mol. The van der Waals surface area contributed by atoms with Gasteiger partial charge in [-0.2, -0.15) is 0 Å². The molecule has 3 aromatic carbocycles. The third-order valence-corrected chi connectivity index (χ3v) is 6.55. The average Bonchev–Trinajstić information content (AvgIpc) is 2.89. The van der Waals surface area contributed by atoms with Gasteiger partial charge in [-0.25, -0.2) is 4.79 Å². The third kappa shape index (κ3) is 6.96. The van der Waals surface area contributed by atoms with Crippen LogP contribution in [0.3, 0.4) is 0 Å². The molecule has 0 aliphatic carbocycles. The van der Waals surface area contributed by atoms with Gasteiger partial charge in [0.2, 0.25) is 0 Å². The fourth-order valence-electron chi connectivity index (χ4n) is 3.53. The summed E-state index contributed by atoms with van der Waals surface area (Å²) >= 11 is 7.08. The maximum absolute atomic E-state index is 11.8. The number of halogens is 1. The number of carboxylic acids is 1. The minimum Gasteiger partial charge on any atom is -0.497 e. The molecule has 190 valence electrons. The fraction of sp³-hybridized carbons (Fsp3) is 0.172. The molecule has 0 amide bonds. The van der Waals surface area contributed by atoms with Gasteiger partial charge in [-0.05, 0) is 80.1 Å². The first kappa shape index (κ1) is 26.4. The van der Waals surface area contributed by atoms with Crippen LogP contribution in [-0.2, 0) is 11.4 Å². The smallest absolute Gasteiger partial charge is 0.342 e. The molecule has 0 unspecified atom stereocenters. The van der Waals surface area contributed by atoms with E-state index in [-0.39, 0.29) is 17.6 Å². The lowest BCUT2D eigenvalue weighted by Crippen LogP contribution is -2.10. The molecule has 0 saturated carbocycles. The van der Waals surface area contributed by atoms with Gasteiger partial charge in [-0.15, -0.1) is 0 Å². The number of nitrogens with zero attached hydrogens (tertiary/aromatic N) is 1. The highest BCUT2D eigenvalue weighted by Crippen LogP contribution is 2.33. The first-order valence-electron chi connectivity index (χ1n) is 11.6. The summed E-state index contributed by atoms with van der Waals surface area (Å²) in [6.45, 7) is 4.20. The lowest BCUT2D eigenvalue weighted by Gasteiger charge is -2.17. The highest BCUT2D eigenvalue weighted by Gasteiger charge is 2.14. The number of aromatic nitrogens is 1. The molecular weight excluding hydrogens is 510 g/mol. The zero-order valence-electron chi connectivity index (χ0n) is 20.6. The molecule has 0 radical (unpaired) electrons. The number of carbonyl (C=O) groups is 1. The number of carboxylic acid groups (broad SMARTS) is 1. The molecule has 37 heavy (non-hydrogen) atoms. The zero-order chi connectivity index (χ0) is 26.4. The average molecular weight is 536 g/mol. The van der Waals surface area contributed by atoms with E-state index in [1.165, 1.54) is 0 Å². The van der Waals surface area contributed by atoms with Crippen LogP contribution < -0.4 is 14.2 Å². The largest absolute Gasteiger partial charge is 0.497 e. The number of benzene rings is 3. The van der Waals surface area contributed by atoms with Gasteiger partial charge in [-0.1, -0.05) is 35.5 Å². The van der Waals surface area contributed by atoms with E-state index in [0.717, 1.165) is 44.4 Å². The Labute approximate surface area is 224 Å². The van der Waals surface area contributed by atoms with Gasteiger partial charge in [0, 0.05) is 21.5 Å². The molecule has 4 rings (SSSR count). The standard InChI is InChI=1S/C29H26ClNO5S/c1-18(2)36-28-20(16-31-26-13-10-23(34-3)15-25(26)28)17-35-22-8-4-19(5-9-22)14-27(29(32)33)37-24-11-6-21(30)7-12-24/h4-16,18H,17H2,1-3H3,(H,32,33). The van der Waals surface area contributed by atoms with E-state index in [4.69, 9.17) is 25.8 Å². The van der Waals surface area contributed by atoms with Crippen LogP contribution >= 0.6 is 23.4 Å². The molecule has 0 bridgehead atoms. The number of thioether (sulfide) groups is 1. The summed E-state index contributed by atoms with van der Waals surface area (Å²) < 4.78 is 17.5. The SMILES string of the molecule is COc1ccc2ncc(COc3ccc(C=C(Sc4ccc(Cl)cc4)C(=O)O)cc3)c(OC(C)C)c2c1. The highest BCUT2D eigenvalue weighted by molar-refractivity contribution is 8.04. The van der Waals surface area contributed by atoms with Crippen LogP contribution in [0, 0.1) is 0 Å². The van der Waals surface area contributed by atoms with Crippen molar-refractivity contribution in [2.24, 2.45) is 0 Å². The lowest BCUT2D eigenvalue weighted by molar-refractivity contribution is -0.131. The molecular formula is C29H26ClNO5S. The van der Waals surface area contributed by atoms with E-state index in [2.05, 4.69) is 4.98 Å². The lowest BCUT2D eigenvalue weighted by atomic mass is 10.1. The molecule has 1 aromatic heterocycles. The zero-order valence-corrected chi connectivity index (χ0v) is 22.2. The summed E-state index contributed by atoms with van der Waals surface area (Å²) in [5.74, 6) is 1.07. The predicted octanol–water partition coefficient (Wildman–Crippen LogP) is 7.48. The molecule has 6 nitrogen and oxygen atoms in total. The normalized spacial score (nSPS) is 11.5. The van der Waals surface area contributed by atoms with E-state index >= 15 is 0 Å². The molecule has 0 fully saturated rings. The number of hydrogen-bond donors (Lipinski definition) is 1. The fourth-order valence-corrected chi connectivity index (χ4v) is 4.46. The second-order valence-electron chi connectivity index (χ2n) is 8.39. The van der Waals surface area contributed by atoms with Crippen molar-refractivity contribution in [2.75, 3.05) is 7.11 Å². The summed E-state index contributed by atoms with van der Waals surface area (Å²) in [6.07, 6.45) is 3.35. The van der Waals surface area contributed by atoms with E-state index in [0.29, 0.717) is 16.5 Å². The second kappa shape index (κ2) is 12.0. The van der Waals surface area contributed by atoms with E-state index < -0.39 is 5.97 Å². The number of hydrogen-bond acceptors (Lipinski definition) is 6. The van der Waals surface area contributed by atoms with Crippen molar-refractivity contribution in [2.45, 2.75) is 31.5 Å². The summed E-state index contributed by atoms with van der Waals surface area (Å²) in [6, 6.07) is 19.9. The second-order valence-corrected chi connectivity index (χ2v) is 9.94. The van der Waals surface area contributed by atoms with Crippen LogP contribution in [0.4, 0.5) is 0 Å². The summed E-state index contributed by atoms with van der Waals surface area (Å²) in [4.78, 5) is 17.3. The Bertz CT molecular complexity index is 1420. The molecule has 0 aliphatic rings. The van der Waals surface area contributed by atoms with Crippen LogP contribution in [0.5, 0.6) is 17.2 Å². The van der Waals surface area contributed by atoms with Crippen molar-refractivity contribution in [3.63, 3.8) is 0 Å². The Morgan fingerprint density at radius 1 is 1.05 bits per heavy atom. The van der Waals surface area contributed by atoms with Gasteiger partial charge in [0.25, 0.3) is 0 Å². The van der Waals surface area contributed by atoms with Crippen LogP contribution in [0.15, 0.2) is 82.7 Å². The van der Waals surface area contributed by atoms with Crippen molar-refractivity contribution in [1.29, 1.82) is 0 Å². The Morgan fingerprint density at radius 3 is 2.41 bits per heavy atom. The van der Waals surface area contributed by atoms with Gasteiger partial charge in [-0.3, -0.25) is 4.98 Å². The molecule has 0 spiro atoms. The molecule has 1 heterocycles. The minimum atomic E-state index is -1.00. The van der Waals surface area contributed by atoms with E-state index in [1.54, 1.807) is 55.8 Å². The summed E-state index contributed by atoms with van der Waals surface area (Å²) in [5.41, 5.74) is 2.36. The Hall–Kier alpha value is -3.68. The van der Waals surface area contributed by atoms with Crippen molar-refractivity contribution < 1.29 is 24.1 Å². The first-order valence-corrected chi connectivity index (χ1v) is 12.8. The highest BCUT2D eigenvalue weighted by atomic mass is 35.5. The minimum absolute atomic E-state index is 0.0317. The Balaban J connectivity index is 1.51. The Morgan fingerprint density at radius 2 is 1.76 bits per heavy atom. The number of fused-ring (bicyclic) bond motifs is 1. The van der Waals surface area contributed by atoms with Gasteiger partial charge in [0.15, 0.2) is 0 Å².